The van der Waals surface area contributed by atoms with Gasteiger partial charge in [-0.05, 0) is 153 Å². The molecular weight excluding hydrogens is 598 g/mol. The molecule has 3 nitrogen and oxygen atoms in total. The monoisotopic (exact) mass is 623 g/mol. The molecule has 47 heavy (non-hydrogen) atoms. The number of anilines is 1. The lowest BCUT2D eigenvalue weighted by Crippen LogP contribution is -1.96. The molecule has 2 N–H and O–H groups in total. The maximum absolute atomic E-state index is 14.5. The van der Waals surface area contributed by atoms with E-state index < -0.39 is 23.3 Å². The van der Waals surface area contributed by atoms with Crippen LogP contribution in [-0.4, -0.2) is 0 Å². The summed E-state index contributed by atoms with van der Waals surface area (Å²) in [6.45, 7) is 1.79. The molecule has 0 aromatic heterocycles. The normalized spacial score (nSPS) is 10.8. The van der Waals surface area contributed by atoms with Crippen molar-refractivity contribution in [1.82, 2.24) is 0 Å². The van der Waals surface area contributed by atoms with E-state index in [-0.39, 0.29) is 16.8 Å². The Morgan fingerprint density at radius 3 is 1.21 bits per heavy atom. The van der Waals surface area contributed by atoms with Gasteiger partial charge in [0, 0.05) is 5.69 Å². The van der Waals surface area contributed by atoms with Crippen LogP contribution in [0, 0.1) is 52.9 Å². The lowest BCUT2D eigenvalue weighted by Gasteiger charge is -2.15. The second-order valence-corrected chi connectivity index (χ2v) is 11.5. The van der Waals surface area contributed by atoms with Gasteiger partial charge < -0.3 is 5.73 Å². The fourth-order valence-electron chi connectivity index (χ4n) is 5.81. The lowest BCUT2D eigenvalue weighted by atomic mass is 9.90. The molecule has 0 saturated carbocycles. The predicted molar refractivity (Wildman–Crippen MR) is 176 cm³/mol. The Labute approximate surface area is 269 Å². The number of hydrogen-bond acceptors (Lipinski definition) is 3. The van der Waals surface area contributed by atoms with Crippen LogP contribution in [0.4, 0.5) is 23.2 Å². The summed E-state index contributed by atoms with van der Waals surface area (Å²) >= 11 is 0. The van der Waals surface area contributed by atoms with Gasteiger partial charge in [0.1, 0.15) is 23.3 Å². The summed E-state index contributed by atoms with van der Waals surface area (Å²) in [7, 11) is 0. The number of aryl methyl sites for hydroxylation is 1. The van der Waals surface area contributed by atoms with E-state index >= 15 is 0 Å². The fourth-order valence-corrected chi connectivity index (χ4v) is 5.81. The molecule has 0 unspecified atom stereocenters. The SMILES string of the molecule is Cc1cc(F)cc(-c2cc(Cc3cc(-c4cc(N)cc(F)c4)cc(-c4cc(F)cc(C#N)c4)c3)cc(-c3cc(F)cc(C#N)c3)c2)c1. The van der Waals surface area contributed by atoms with Gasteiger partial charge in [-0.15, -0.1) is 0 Å². The van der Waals surface area contributed by atoms with Crippen molar-refractivity contribution in [2.24, 2.45) is 0 Å². The first kappa shape index (κ1) is 30.8. The van der Waals surface area contributed by atoms with Gasteiger partial charge in [-0.25, -0.2) is 17.6 Å². The third kappa shape index (κ3) is 7.06. The van der Waals surface area contributed by atoms with E-state index in [0.717, 1.165) is 28.8 Å². The largest absolute Gasteiger partial charge is 0.399 e. The number of nitrogen functional groups attached to an aromatic ring is 1. The zero-order chi connectivity index (χ0) is 33.2. The molecule has 0 heterocycles. The molecule has 0 spiro atoms. The molecule has 0 aliphatic rings. The molecule has 0 aliphatic heterocycles. The topological polar surface area (TPSA) is 73.6 Å². The van der Waals surface area contributed by atoms with Crippen LogP contribution < -0.4 is 5.73 Å². The molecule has 228 valence electrons. The molecule has 0 aliphatic carbocycles. The Balaban J connectivity index is 1.54. The summed E-state index contributed by atoms with van der Waals surface area (Å²) in [6, 6.07) is 32.1. The van der Waals surface area contributed by atoms with Crippen molar-refractivity contribution < 1.29 is 17.6 Å². The van der Waals surface area contributed by atoms with Crippen LogP contribution >= 0.6 is 0 Å². The maximum Gasteiger partial charge on any atom is 0.125 e. The quantitative estimate of drug-likeness (QED) is 0.148. The number of hydrogen-bond donors (Lipinski definition) is 1. The highest BCUT2D eigenvalue weighted by Gasteiger charge is 2.14. The van der Waals surface area contributed by atoms with Crippen molar-refractivity contribution in [3.63, 3.8) is 0 Å². The van der Waals surface area contributed by atoms with E-state index in [9.17, 15) is 28.1 Å². The minimum Gasteiger partial charge on any atom is -0.399 e. The van der Waals surface area contributed by atoms with Gasteiger partial charge in [0.05, 0.1) is 23.3 Å². The third-order valence-electron chi connectivity index (χ3n) is 7.74. The van der Waals surface area contributed by atoms with E-state index in [0.29, 0.717) is 50.9 Å². The van der Waals surface area contributed by atoms with Crippen LogP contribution in [0.25, 0.3) is 44.5 Å². The highest BCUT2D eigenvalue weighted by atomic mass is 19.1. The number of nitrogens with two attached hydrogens (primary N) is 1. The smallest absolute Gasteiger partial charge is 0.125 e. The van der Waals surface area contributed by atoms with Crippen LogP contribution in [0.1, 0.15) is 27.8 Å². The van der Waals surface area contributed by atoms with Gasteiger partial charge in [-0.1, -0.05) is 30.3 Å². The predicted octanol–water partition coefficient (Wildman–Crippen LogP) is 10.1. The second-order valence-electron chi connectivity index (χ2n) is 11.5. The molecule has 0 fully saturated rings. The first-order valence-corrected chi connectivity index (χ1v) is 14.6. The lowest BCUT2D eigenvalue weighted by molar-refractivity contribution is 0.627. The van der Waals surface area contributed by atoms with Crippen molar-refractivity contribution in [2.75, 3.05) is 5.73 Å². The Morgan fingerprint density at radius 1 is 0.447 bits per heavy atom. The number of nitriles is 2. The molecule has 6 aromatic rings. The Hall–Kier alpha value is -6.18. The van der Waals surface area contributed by atoms with E-state index in [1.54, 1.807) is 31.2 Å². The fraction of sp³-hybridized carbons (Fsp3) is 0.0500. The van der Waals surface area contributed by atoms with Crippen molar-refractivity contribution in [3.8, 4) is 56.6 Å². The maximum atomic E-state index is 14.5. The average molecular weight is 624 g/mol. The summed E-state index contributed by atoms with van der Waals surface area (Å²) in [4.78, 5) is 0. The van der Waals surface area contributed by atoms with Crippen LogP contribution in [-0.2, 0) is 6.42 Å². The molecule has 6 aromatic carbocycles. The van der Waals surface area contributed by atoms with Crippen LogP contribution in [0.5, 0.6) is 0 Å². The minimum atomic E-state index is -0.574. The van der Waals surface area contributed by atoms with Gasteiger partial charge in [-0.3, -0.25) is 0 Å². The zero-order valence-corrected chi connectivity index (χ0v) is 25.1. The molecule has 0 saturated heterocycles. The first-order valence-electron chi connectivity index (χ1n) is 14.6. The van der Waals surface area contributed by atoms with E-state index in [1.807, 2.05) is 48.5 Å². The van der Waals surface area contributed by atoms with E-state index in [2.05, 4.69) is 0 Å². The molecular formula is C40H25F4N3. The molecule has 7 heteroatoms. The zero-order valence-electron chi connectivity index (χ0n) is 25.1. The standard InChI is InChI=1S/C40H25F4N3/c1-23-2-28(15-36(41)3-23)29-5-24(6-30(13-29)33-9-26(21-45)11-37(42)16-33)4-25-7-31(34-10-27(22-46)12-38(43)17-34)14-32(8-25)35-18-39(44)20-40(47)19-35/h2-3,5-20H,4,47H2,1H3. The Kier molecular flexibility index (Phi) is 8.31. The minimum absolute atomic E-state index is 0.150. The molecule has 0 atom stereocenters. The summed E-state index contributed by atoms with van der Waals surface area (Å²) in [5, 5.41) is 18.9. The molecule has 0 bridgehead atoms. The molecule has 0 amide bonds. The number of rotatable bonds is 6. The third-order valence-corrected chi connectivity index (χ3v) is 7.74. The highest BCUT2D eigenvalue weighted by molar-refractivity contribution is 5.78. The first-order chi connectivity index (χ1) is 22.5. The van der Waals surface area contributed by atoms with Gasteiger partial charge in [-0.2, -0.15) is 10.5 Å². The van der Waals surface area contributed by atoms with Crippen molar-refractivity contribution in [2.45, 2.75) is 13.3 Å². The summed E-state index contributed by atoms with van der Waals surface area (Å²) in [6.07, 6.45) is 0.321. The Morgan fingerprint density at radius 2 is 0.809 bits per heavy atom. The Bertz CT molecular complexity index is 2080. The van der Waals surface area contributed by atoms with Gasteiger partial charge in [0.15, 0.2) is 0 Å². The summed E-state index contributed by atoms with van der Waals surface area (Å²) in [5.41, 5.74) is 13.4. The van der Waals surface area contributed by atoms with Crippen molar-refractivity contribution in [1.29, 1.82) is 10.5 Å². The van der Waals surface area contributed by atoms with Crippen molar-refractivity contribution in [3.05, 3.63) is 160 Å². The molecule has 6 rings (SSSR count). The van der Waals surface area contributed by atoms with Gasteiger partial charge in [0.2, 0.25) is 0 Å². The van der Waals surface area contributed by atoms with Gasteiger partial charge >= 0.3 is 0 Å². The number of halogens is 4. The van der Waals surface area contributed by atoms with Crippen molar-refractivity contribution >= 4 is 5.69 Å². The van der Waals surface area contributed by atoms with E-state index in [4.69, 9.17) is 5.73 Å². The van der Waals surface area contributed by atoms with Crippen LogP contribution in [0.2, 0.25) is 0 Å². The number of benzene rings is 6. The van der Waals surface area contributed by atoms with Crippen LogP contribution in [0.3, 0.4) is 0 Å². The van der Waals surface area contributed by atoms with E-state index in [1.165, 1.54) is 36.4 Å². The second kappa shape index (κ2) is 12.7. The number of nitrogens with zero attached hydrogens (tertiary/aromatic N) is 2. The summed E-state index contributed by atoms with van der Waals surface area (Å²) < 4.78 is 58.0. The molecule has 0 radical (unpaired) electrons. The average Bonchev–Trinajstić information content (AvgIpc) is 3.03. The summed E-state index contributed by atoms with van der Waals surface area (Å²) in [5.74, 6) is -2.05. The van der Waals surface area contributed by atoms with Crippen LogP contribution in [0.15, 0.2) is 109 Å². The highest BCUT2D eigenvalue weighted by Crippen LogP contribution is 2.34. The van der Waals surface area contributed by atoms with Gasteiger partial charge in [0.25, 0.3) is 0 Å².